The Balaban J connectivity index is 0.000000706. The fourth-order valence-corrected chi connectivity index (χ4v) is 5.30. The van der Waals surface area contributed by atoms with Crippen LogP contribution >= 0.6 is 0 Å². The van der Waals surface area contributed by atoms with Crippen LogP contribution in [0.15, 0.2) is 36.7 Å². The summed E-state index contributed by atoms with van der Waals surface area (Å²) < 4.78 is 1.98. The largest absolute Gasteiger partial charge is 0.483 e. The molecule has 2 bridgehead atoms. The van der Waals surface area contributed by atoms with Crippen molar-refractivity contribution >= 4 is 12.4 Å². The van der Waals surface area contributed by atoms with Gasteiger partial charge in [-0.2, -0.15) is 0 Å². The van der Waals surface area contributed by atoms with E-state index in [0.29, 0.717) is 11.5 Å². The number of aryl methyl sites for hydroxylation is 1. The quantitative estimate of drug-likeness (QED) is 0.800. The van der Waals surface area contributed by atoms with Crippen molar-refractivity contribution in [3.8, 4) is 11.4 Å². The molecule has 0 radical (unpaired) electrons. The number of benzene rings is 1. The van der Waals surface area contributed by atoms with Crippen LogP contribution in [0.3, 0.4) is 0 Å². The van der Waals surface area contributed by atoms with Gasteiger partial charge in [0.15, 0.2) is 0 Å². The number of carbonyl (C=O) groups is 2. The second-order valence-electron chi connectivity index (χ2n) is 9.19. The van der Waals surface area contributed by atoms with E-state index in [4.69, 9.17) is 9.90 Å². The number of fused-ring (bicyclic) bond motifs is 2. The summed E-state index contributed by atoms with van der Waals surface area (Å²) in [5, 5.41) is 6.89. The molecular formula is C22H29N3O3. The molecule has 1 aliphatic heterocycles. The standard InChI is InChI=1S/C21H27N3O.CH2O2/c1-20(2)11-17-12-21(3,13-20)14-24(17)19(25)16-7-5-6-15(10-16)18-22-8-9-23(18)4;2-1-3/h5-10,17H,11-14H2,1-4H3;1H,(H,2,3)/t17-,21-;/m1./s1. The number of carbonyl (C=O) groups excluding carboxylic acids is 1. The molecule has 1 amide bonds. The van der Waals surface area contributed by atoms with E-state index < -0.39 is 0 Å². The molecule has 6 nitrogen and oxygen atoms in total. The fraction of sp³-hybridized carbons (Fsp3) is 0.500. The molecule has 1 aromatic heterocycles. The Kier molecular flexibility index (Phi) is 5.33. The lowest BCUT2D eigenvalue weighted by molar-refractivity contribution is -0.122. The molecule has 2 atom stereocenters. The number of hydrogen-bond donors (Lipinski definition) is 1. The van der Waals surface area contributed by atoms with Gasteiger partial charge in [-0.05, 0) is 42.2 Å². The highest BCUT2D eigenvalue weighted by atomic mass is 16.3. The van der Waals surface area contributed by atoms with Crippen LogP contribution < -0.4 is 0 Å². The Morgan fingerprint density at radius 1 is 1.29 bits per heavy atom. The Morgan fingerprint density at radius 3 is 2.64 bits per heavy atom. The van der Waals surface area contributed by atoms with Crippen LogP contribution in [0.4, 0.5) is 0 Å². The minimum atomic E-state index is -0.250. The molecule has 2 aromatic rings. The second kappa shape index (κ2) is 7.41. The fourth-order valence-electron chi connectivity index (χ4n) is 5.30. The van der Waals surface area contributed by atoms with Gasteiger partial charge < -0.3 is 14.6 Å². The maximum absolute atomic E-state index is 13.2. The predicted octanol–water partition coefficient (Wildman–Crippen LogP) is 3.83. The first-order chi connectivity index (χ1) is 13.2. The van der Waals surface area contributed by atoms with Gasteiger partial charge in [-0.1, -0.05) is 32.9 Å². The molecule has 28 heavy (non-hydrogen) atoms. The third-order valence-corrected chi connectivity index (χ3v) is 5.86. The van der Waals surface area contributed by atoms with Gasteiger partial charge in [-0.25, -0.2) is 4.98 Å². The average molecular weight is 383 g/mol. The van der Waals surface area contributed by atoms with E-state index in [2.05, 4.69) is 30.7 Å². The van der Waals surface area contributed by atoms with Gasteiger partial charge in [0.1, 0.15) is 5.82 Å². The number of likely N-dealkylation sites (tertiary alicyclic amines) is 1. The van der Waals surface area contributed by atoms with E-state index in [9.17, 15) is 4.79 Å². The monoisotopic (exact) mass is 383 g/mol. The number of carboxylic acid groups (broad SMARTS) is 1. The van der Waals surface area contributed by atoms with Crippen molar-refractivity contribution in [3.05, 3.63) is 42.2 Å². The number of aromatic nitrogens is 2. The number of hydrogen-bond acceptors (Lipinski definition) is 3. The van der Waals surface area contributed by atoms with Gasteiger partial charge in [0.05, 0.1) is 0 Å². The summed E-state index contributed by atoms with van der Waals surface area (Å²) in [6, 6.07) is 8.28. The normalized spacial score (nSPS) is 25.0. The van der Waals surface area contributed by atoms with Crippen molar-refractivity contribution in [3.63, 3.8) is 0 Å². The summed E-state index contributed by atoms with van der Waals surface area (Å²) in [6.45, 7) is 7.66. The second-order valence-corrected chi connectivity index (χ2v) is 9.19. The first-order valence-electron chi connectivity index (χ1n) is 9.65. The Morgan fingerprint density at radius 2 is 2.00 bits per heavy atom. The highest BCUT2D eigenvalue weighted by Gasteiger charge is 2.51. The van der Waals surface area contributed by atoms with Crippen molar-refractivity contribution in [2.24, 2.45) is 17.9 Å². The van der Waals surface area contributed by atoms with Gasteiger partial charge in [-0.15, -0.1) is 0 Å². The summed E-state index contributed by atoms with van der Waals surface area (Å²) in [7, 11) is 1.98. The van der Waals surface area contributed by atoms with E-state index in [1.165, 1.54) is 6.42 Å². The van der Waals surface area contributed by atoms with Gasteiger partial charge in [0.2, 0.25) is 0 Å². The van der Waals surface area contributed by atoms with E-state index >= 15 is 0 Å². The van der Waals surface area contributed by atoms with E-state index in [1.54, 1.807) is 6.20 Å². The molecule has 0 unspecified atom stereocenters. The first-order valence-corrected chi connectivity index (χ1v) is 9.65. The maximum atomic E-state index is 13.2. The molecule has 0 spiro atoms. The van der Waals surface area contributed by atoms with Crippen LogP contribution in [-0.2, 0) is 11.8 Å². The Bertz CT molecular complexity index is 873. The van der Waals surface area contributed by atoms with Gasteiger partial charge in [0, 0.05) is 43.2 Å². The third-order valence-electron chi connectivity index (χ3n) is 5.86. The number of nitrogens with zero attached hydrogens (tertiary/aromatic N) is 3. The van der Waals surface area contributed by atoms with Crippen LogP contribution in [0.5, 0.6) is 0 Å². The van der Waals surface area contributed by atoms with E-state index in [1.807, 2.05) is 42.1 Å². The zero-order valence-corrected chi connectivity index (χ0v) is 17.1. The highest BCUT2D eigenvalue weighted by molar-refractivity contribution is 5.95. The molecule has 4 rings (SSSR count). The van der Waals surface area contributed by atoms with Crippen LogP contribution in [0, 0.1) is 10.8 Å². The SMILES string of the molecule is Cn1ccnc1-c1cccc(C(=O)N2C[C@]3(C)C[C@H]2CC(C)(C)C3)c1.O=CO. The van der Waals surface area contributed by atoms with Crippen molar-refractivity contribution in [2.75, 3.05) is 6.54 Å². The molecule has 1 aromatic carbocycles. The highest BCUT2D eigenvalue weighted by Crippen LogP contribution is 2.52. The summed E-state index contributed by atoms with van der Waals surface area (Å²) in [6.07, 6.45) is 7.16. The molecule has 1 saturated heterocycles. The van der Waals surface area contributed by atoms with Gasteiger partial charge in [0.25, 0.3) is 12.4 Å². The molecule has 2 aliphatic rings. The molecule has 2 fully saturated rings. The lowest BCUT2D eigenvalue weighted by Crippen LogP contribution is -2.37. The molecule has 1 saturated carbocycles. The van der Waals surface area contributed by atoms with E-state index in [0.717, 1.165) is 36.3 Å². The Hall–Kier alpha value is -2.63. The summed E-state index contributed by atoms with van der Waals surface area (Å²) in [5.41, 5.74) is 2.35. The first kappa shape index (κ1) is 20.1. The van der Waals surface area contributed by atoms with E-state index in [-0.39, 0.29) is 17.8 Å². The Labute approximate surface area is 166 Å². The summed E-state index contributed by atoms with van der Waals surface area (Å²) in [5.74, 6) is 1.06. The van der Waals surface area contributed by atoms with Gasteiger partial charge >= 0.3 is 0 Å². The summed E-state index contributed by atoms with van der Waals surface area (Å²) in [4.78, 5) is 28.1. The zero-order chi connectivity index (χ0) is 20.5. The molecule has 150 valence electrons. The number of amides is 1. The minimum absolute atomic E-state index is 0.169. The maximum Gasteiger partial charge on any atom is 0.290 e. The lowest BCUT2D eigenvalue weighted by atomic mass is 9.65. The predicted molar refractivity (Wildman–Crippen MR) is 108 cm³/mol. The molecule has 1 N–H and O–H groups in total. The molecular weight excluding hydrogens is 354 g/mol. The minimum Gasteiger partial charge on any atom is -0.483 e. The van der Waals surface area contributed by atoms with Gasteiger partial charge in [-0.3, -0.25) is 9.59 Å². The third kappa shape index (κ3) is 3.96. The van der Waals surface area contributed by atoms with Crippen molar-refractivity contribution in [1.82, 2.24) is 14.5 Å². The number of rotatable bonds is 2. The number of imidazole rings is 1. The average Bonchev–Trinajstić information content (AvgIpc) is 3.14. The van der Waals surface area contributed by atoms with Crippen LogP contribution in [0.1, 0.15) is 50.4 Å². The lowest BCUT2D eigenvalue weighted by Gasteiger charge is -2.39. The topological polar surface area (TPSA) is 75.4 Å². The van der Waals surface area contributed by atoms with Crippen molar-refractivity contribution < 1.29 is 14.7 Å². The smallest absolute Gasteiger partial charge is 0.290 e. The van der Waals surface area contributed by atoms with Crippen LogP contribution in [0.25, 0.3) is 11.4 Å². The zero-order valence-electron chi connectivity index (χ0n) is 17.1. The molecule has 1 aliphatic carbocycles. The van der Waals surface area contributed by atoms with Crippen LogP contribution in [0.2, 0.25) is 0 Å². The molecule has 6 heteroatoms. The molecule has 2 heterocycles. The van der Waals surface area contributed by atoms with Crippen molar-refractivity contribution in [1.29, 1.82) is 0 Å². The van der Waals surface area contributed by atoms with Crippen LogP contribution in [-0.4, -0.2) is 44.5 Å². The summed E-state index contributed by atoms with van der Waals surface area (Å²) >= 11 is 0. The van der Waals surface area contributed by atoms with Crippen molar-refractivity contribution in [2.45, 2.75) is 46.1 Å².